The Bertz CT molecular complexity index is 792. The van der Waals surface area contributed by atoms with Crippen LogP contribution in [0.25, 0.3) is 0 Å². The minimum Gasteiger partial charge on any atom is -0.310 e. The van der Waals surface area contributed by atoms with Crippen molar-refractivity contribution in [1.29, 1.82) is 0 Å². The third-order valence-electron chi connectivity index (χ3n) is 6.44. The molecule has 0 bridgehead atoms. The van der Waals surface area contributed by atoms with Gasteiger partial charge in [0.2, 0.25) is 0 Å². The maximum Gasteiger partial charge on any atom is 0.0475 e. The van der Waals surface area contributed by atoms with Gasteiger partial charge in [0.1, 0.15) is 0 Å². The summed E-state index contributed by atoms with van der Waals surface area (Å²) in [5.41, 5.74) is 5.93. The van der Waals surface area contributed by atoms with E-state index in [1.165, 1.54) is 52.5 Å². The summed E-state index contributed by atoms with van der Waals surface area (Å²) in [6, 6.07) is 16.5. The van der Waals surface area contributed by atoms with E-state index in [0.717, 1.165) is 26.2 Å². The first-order valence-electron chi connectivity index (χ1n) is 10.6. The number of hydrogen-bond donors (Lipinski definition) is 1. The van der Waals surface area contributed by atoms with E-state index in [1.54, 1.807) is 0 Å². The number of nitrogens with one attached hydrogen (secondary N) is 1. The second-order valence-electron chi connectivity index (χ2n) is 8.38. The minimum absolute atomic E-state index is 0.518. The van der Waals surface area contributed by atoms with Gasteiger partial charge in [-0.3, -0.25) is 4.90 Å². The van der Waals surface area contributed by atoms with E-state index < -0.39 is 0 Å². The molecule has 150 valence electrons. The van der Waals surface area contributed by atoms with Gasteiger partial charge >= 0.3 is 0 Å². The number of halogens is 1. The van der Waals surface area contributed by atoms with Crippen LogP contribution in [0.4, 0.5) is 0 Å². The van der Waals surface area contributed by atoms with E-state index in [2.05, 4.69) is 87.5 Å². The van der Waals surface area contributed by atoms with Gasteiger partial charge in [0.25, 0.3) is 0 Å². The number of nitrogens with zero attached hydrogens (tertiary/aromatic N) is 2. The van der Waals surface area contributed by atoms with Crippen molar-refractivity contribution in [3.05, 3.63) is 69.2 Å². The summed E-state index contributed by atoms with van der Waals surface area (Å²) in [4.78, 5) is 5.14. The highest BCUT2D eigenvalue weighted by Gasteiger charge is 2.27. The SMILES string of the molecule is Cc1ccc(Br)c2c1C(NCCCN1CCN(C)CC1c1ccccc1)CC2. The lowest BCUT2D eigenvalue weighted by molar-refractivity contribution is 0.0886. The van der Waals surface area contributed by atoms with Crippen LogP contribution in [0.2, 0.25) is 0 Å². The first kappa shape index (κ1) is 20.1. The Morgan fingerprint density at radius 2 is 1.93 bits per heavy atom. The molecule has 1 saturated heterocycles. The zero-order valence-electron chi connectivity index (χ0n) is 17.1. The molecule has 4 heteroatoms. The molecule has 1 N–H and O–H groups in total. The summed E-state index contributed by atoms with van der Waals surface area (Å²) in [6.45, 7) is 7.95. The molecule has 1 fully saturated rings. The Morgan fingerprint density at radius 3 is 2.75 bits per heavy atom. The maximum atomic E-state index is 3.85. The maximum absolute atomic E-state index is 3.85. The van der Waals surface area contributed by atoms with Crippen LogP contribution < -0.4 is 5.32 Å². The van der Waals surface area contributed by atoms with Gasteiger partial charge < -0.3 is 10.2 Å². The average Bonchev–Trinajstić information content (AvgIpc) is 3.15. The van der Waals surface area contributed by atoms with Gasteiger partial charge in [-0.05, 0) is 68.1 Å². The second-order valence-corrected chi connectivity index (χ2v) is 9.23. The molecule has 2 aromatic carbocycles. The van der Waals surface area contributed by atoms with Crippen molar-refractivity contribution < 1.29 is 0 Å². The van der Waals surface area contributed by atoms with E-state index >= 15 is 0 Å². The Kier molecular flexibility index (Phi) is 6.52. The van der Waals surface area contributed by atoms with Crippen LogP contribution in [0.5, 0.6) is 0 Å². The molecular weight excluding hydrogens is 410 g/mol. The van der Waals surface area contributed by atoms with E-state index in [9.17, 15) is 0 Å². The molecule has 2 atom stereocenters. The Labute approximate surface area is 178 Å². The third kappa shape index (κ3) is 4.35. The molecule has 4 rings (SSSR count). The van der Waals surface area contributed by atoms with Crippen LogP contribution in [0.3, 0.4) is 0 Å². The molecule has 3 nitrogen and oxygen atoms in total. The highest BCUT2D eigenvalue weighted by Crippen LogP contribution is 2.37. The van der Waals surface area contributed by atoms with Crippen LogP contribution in [0.1, 0.15) is 47.2 Å². The number of likely N-dealkylation sites (N-methyl/N-ethyl adjacent to an activating group) is 1. The molecule has 0 radical (unpaired) electrons. The van der Waals surface area contributed by atoms with Crippen LogP contribution in [0.15, 0.2) is 46.9 Å². The lowest BCUT2D eigenvalue weighted by atomic mass is 10.0. The molecule has 2 unspecified atom stereocenters. The average molecular weight is 442 g/mol. The highest BCUT2D eigenvalue weighted by atomic mass is 79.9. The number of hydrogen-bond acceptors (Lipinski definition) is 3. The van der Waals surface area contributed by atoms with Crippen LogP contribution in [0, 0.1) is 6.92 Å². The molecule has 1 heterocycles. The van der Waals surface area contributed by atoms with Crippen molar-refractivity contribution in [3.8, 4) is 0 Å². The Balaban J connectivity index is 1.33. The summed E-state index contributed by atoms with van der Waals surface area (Å²) in [5, 5.41) is 3.85. The molecule has 0 saturated carbocycles. The fourth-order valence-corrected chi connectivity index (χ4v) is 5.45. The van der Waals surface area contributed by atoms with Gasteiger partial charge in [-0.1, -0.05) is 52.3 Å². The van der Waals surface area contributed by atoms with E-state index in [1.807, 2.05) is 0 Å². The smallest absolute Gasteiger partial charge is 0.0475 e. The Morgan fingerprint density at radius 1 is 1.11 bits per heavy atom. The summed E-state index contributed by atoms with van der Waals surface area (Å²) in [5.74, 6) is 0. The fraction of sp³-hybridized carbons (Fsp3) is 0.500. The summed E-state index contributed by atoms with van der Waals surface area (Å²) in [7, 11) is 2.24. The molecule has 28 heavy (non-hydrogen) atoms. The number of rotatable bonds is 6. The van der Waals surface area contributed by atoms with Crippen LogP contribution >= 0.6 is 15.9 Å². The van der Waals surface area contributed by atoms with Crippen molar-refractivity contribution in [2.45, 2.75) is 38.3 Å². The zero-order valence-corrected chi connectivity index (χ0v) is 18.7. The van der Waals surface area contributed by atoms with Crippen LogP contribution in [-0.4, -0.2) is 49.6 Å². The summed E-state index contributed by atoms with van der Waals surface area (Å²) < 4.78 is 1.28. The van der Waals surface area contributed by atoms with Crippen molar-refractivity contribution in [2.24, 2.45) is 0 Å². The second kappa shape index (κ2) is 9.08. The molecular formula is C24H32BrN3. The molecule has 0 amide bonds. The number of benzene rings is 2. The third-order valence-corrected chi connectivity index (χ3v) is 7.18. The van der Waals surface area contributed by atoms with Crippen molar-refractivity contribution in [3.63, 3.8) is 0 Å². The first-order chi connectivity index (χ1) is 13.6. The quantitative estimate of drug-likeness (QED) is 0.654. The van der Waals surface area contributed by atoms with Gasteiger partial charge in [-0.2, -0.15) is 0 Å². The van der Waals surface area contributed by atoms with E-state index in [0.29, 0.717) is 12.1 Å². The topological polar surface area (TPSA) is 18.5 Å². The van der Waals surface area contributed by atoms with Gasteiger partial charge in [0.15, 0.2) is 0 Å². The monoisotopic (exact) mass is 441 g/mol. The lowest BCUT2D eigenvalue weighted by Crippen LogP contribution is -2.47. The highest BCUT2D eigenvalue weighted by molar-refractivity contribution is 9.10. The number of piperazine rings is 1. The standard InChI is InChI=1S/C24H32BrN3/c1-18-9-11-21(25)20-10-12-22(24(18)20)26-13-6-14-28-16-15-27(2)17-23(28)19-7-4-3-5-8-19/h3-5,7-9,11,22-23,26H,6,10,12-17H2,1-2H3. The number of aryl methyl sites for hydroxylation is 1. The molecule has 2 aromatic rings. The molecule has 2 aliphatic rings. The van der Waals surface area contributed by atoms with Gasteiger partial charge in [-0.25, -0.2) is 0 Å². The molecule has 1 aliphatic carbocycles. The van der Waals surface area contributed by atoms with Crippen LogP contribution in [-0.2, 0) is 6.42 Å². The van der Waals surface area contributed by atoms with Crippen molar-refractivity contribution >= 4 is 15.9 Å². The largest absolute Gasteiger partial charge is 0.310 e. The molecule has 1 aliphatic heterocycles. The molecule has 0 aromatic heterocycles. The summed E-state index contributed by atoms with van der Waals surface area (Å²) in [6.07, 6.45) is 3.61. The van der Waals surface area contributed by atoms with E-state index in [4.69, 9.17) is 0 Å². The Hall–Kier alpha value is -1.20. The van der Waals surface area contributed by atoms with E-state index in [-0.39, 0.29) is 0 Å². The van der Waals surface area contributed by atoms with Crippen molar-refractivity contribution in [2.75, 3.05) is 39.8 Å². The van der Waals surface area contributed by atoms with Crippen molar-refractivity contribution in [1.82, 2.24) is 15.1 Å². The number of fused-ring (bicyclic) bond motifs is 1. The molecule has 0 spiro atoms. The van der Waals surface area contributed by atoms with Gasteiger partial charge in [0, 0.05) is 42.7 Å². The predicted molar refractivity (Wildman–Crippen MR) is 121 cm³/mol. The lowest BCUT2D eigenvalue weighted by Gasteiger charge is -2.40. The first-order valence-corrected chi connectivity index (χ1v) is 11.4. The fourth-order valence-electron chi connectivity index (χ4n) is 4.91. The normalized spacial score (nSPS) is 23.1. The minimum atomic E-state index is 0.518. The van der Waals surface area contributed by atoms with Gasteiger partial charge in [-0.15, -0.1) is 0 Å². The zero-order chi connectivity index (χ0) is 19.5. The van der Waals surface area contributed by atoms with Gasteiger partial charge in [0.05, 0.1) is 0 Å². The summed E-state index contributed by atoms with van der Waals surface area (Å²) >= 11 is 3.74. The predicted octanol–water partition coefficient (Wildman–Crippen LogP) is 4.71.